The standard InChI is InChI=1S/C52H37N5/c1-34-12-9-18-38(28-34)41-21-24-44-45-25-22-42(39-19-10-13-35(2)29-39)32-49(45)57(48(44)31-41)47-26-23-40(43-20-11-27-53-33-43)30-46(47)52-55-50(36-14-5-3-6-15-36)54-51(56-52)37-16-7-4-8-17-37/h3-33H,1-2H3. The zero-order chi connectivity index (χ0) is 38.3. The summed E-state index contributed by atoms with van der Waals surface area (Å²) in [6.07, 6.45) is 3.71. The van der Waals surface area contributed by atoms with Crippen LogP contribution in [0.3, 0.4) is 0 Å². The normalized spacial score (nSPS) is 11.3. The molecule has 5 heteroatoms. The SMILES string of the molecule is Cc1cccc(-c2ccc3c4ccc(-c5cccc(C)c5)cc4n(-c4ccc(-c5cccnc5)cc4-c4nc(-c5ccccc5)nc(-c5ccccc5)n4)c3c2)c1. The number of fused-ring (bicyclic) bond motifs is 3. The Hall–Kier alpha value is -7.50. The fourth-order valence-electron chi connectivity index (χ4n) is 7.84. The van der Waals surface area contributed by atoms with Crippen LogP contribution >= 0.6 is 0 Å². The summed E-state index contributed by atoms with van der Waals surface area (Å²) in [7, 11) is 0. The van der Waals surface area contributed by atoms with E-state index in [4.69, 9.17) is 15.0 Å². The van der Waals surface area contributed by atoms with Crippen LogP contribution in [0.25, 0.3) is 95.0 Å². The predicted octanol–water partition coefficient (Wildman–Crippen LogP) is 13.0. The highest BCUT2D eigenvalue weighted by atomic mass is 15.1. The van der Waals surface area contributed by atoms with E-state index >= 15 is 0 Å². The number of hydrogen-bond acceptors (Lipinski definition) is 4. The van der Waals surface area contributed by atoms with Gasteiger partial charge in [-0.05, 0) is 72.0 Å². The Bertz CT molecular complexity index is 2920. The molecule has 270 valence electrons. The van der Waals surface area contributed by atoms with E-state index in [0.29, 0.717) is 17.5 Å². The number of aromatic nitrogens is 5. The molecule has 0 radical (unpaired) electrons. The van der Waals surface area contributed by atoms with Gasteiger partial charge < -0.3 is 4.57 Å². The average Bonchev–Trinajstić information content (AvgIpc) is 3.59. The third-order valence-corrected chi connectivity index (χ3v) is 10.6. The third kappa shape index (κ3) is 6.45. The van der Waals surface area contributed by atoms with Crippen LogP contribution in [0.4, 0.5) is 0 Å². The summed E-state index contributed by atoms with van der Waals surface area (Å²) >= 11 is 0. The van der Waals surface area contributed by atoms with Crippen molar-refractivity contribution in [3.05, 3.63) is 199 Å². The summed E-state index contributed by atoms with van der Waals surface area (Å²) in [6.45, 7) is 4.29. The highest BCUT2D eigenvalue weighted by Crippen LogP contribution is 2.41. The number of pyridine rings is 1. The van der Waals surface area contributed by atoms with Gasteiger partial charge in [-0.1, -0.05) is 157 Å². The molecule has 0 spiro atoms. The molecule has 10 aromatic rings. The number of rotatable bonds is 7. The summed E-state index contributed by atoms with van der Waals surface area (Å²) in [4.78, 5) is 20.0. The topological polar surface area (TPSA) is 56.5 Å². The second-order valence-electron chi connectivity index (χ2n) is 14.6. The van der Waals surface area contributed by atoms with Gasteiger partial charge in [0.05, 0.1) is 16.7 Å². The first-order valence-electron chi connectivity index (χ1n) is 19.2. The maximum Gasteiger partial charge on any atom is 0.166 e. The lowest BCUT2D eigenvalue weighted by Crippen LogP contribution is -2.04. The van der Waals surface area contributed by atoms with Crippen LogP contribution in [0.1, 0.15) is 11.1 Å². The van der Waals surface area contributed by atoms with Crippen LogP contribution in [0.5, 0.6) is 0 Å². The Morgan fingerprint density at radius 3 is 1.37 bits per heavy atom. The molecule has 10 rings (SSSR count). The number of hydrogen-bond donors (Lipinski definition) is 0. The molecule has 0 atom stereocenters. The minimum Gasteiger partial charge on any atom is -0.308 e. The van der Waals surface area contributed by atoms with Crippen molar-refractivity contribution in [3.8, 4) is 73.2 Å². The van der Waals surface area contributed by atoms with E-state index in [9.17, 15) is 0 Å². The molecule has 5 nitrogen and oxygen atoms in total. The lowest BCUT2D eigenvalue weighted by molar-refractivity contribution is 1.06. The van der Waals surface area contributed by atoms with Crippen molar-refractivity contribution in [2.75, 3.05) is 0 Å². The largest absolute Gasteiger partial charge is 0.308 e. The minimum atomic E-state index is 0.586. The zero-order valence-electron chi connectivity index (χ0n) is 31.6. The van der Waals surface area contributed by atoms with Crippen molar-refractivity contribution in [2.24, 2.45) is 0 Å². The summed E-state index contributed by atoms with van der Waals surface area (Å²) in [5, 5.41) is 2.34. The Kier molecular flexibility index (Phi) is 8.53. The molecule has 0 bridgehead atoms. The number of benzene rings is 7. The molecule has 7 aromatic carbocycles. The molecular weight excluding hydrogens is 695 g/mol. The second-order valence-corrected chi connectivity index (χ2v) is 14.6. The van der Waals surface area contributed by atoms with Gasteiger partial charge >= 0.3 is 0 Å². The van der Waals surface area contributed by atoms with Crippen molar-refractivity contribution < 1.29 is 0 Å². The molecule has 0 fully saturated rings. The molecule has 0 unspecified atom stereocenters. The first-order valence-corrected chi connectivity index (χ1v) is 19.2. The van der Waals surface area contributed by atoms with Crippen molar-refractivity contribution in [1.82, 2.24) is 24.5 Å². The van der Waals surface area contributed by atoms with E-state index in [1.807, 2.05) is 72.9 Å². The quantitative estimate of drug-likeness (QED) is 0.164. The Morgan fingerprint density at radius 1 is 0.368 bits per heavy atom. The second kappa shape index (κ2) is 14.3. The summed E-state index contributed by atoms with van der Waals surface area (Å²) in [5.74, 6) is 1.81. The van der Waals surface area contributed by atoms with Crippen molar-refractivity contribution in [3.63, 3.8) is 0 Å². The van der Waals surface area contributed by atoms with Crippen molar-refractivity contribution in [2.45, 2.75) is 13.8 Å². The van der Waals surface area contributed by atoms with Gasteiger partial charge in [0, 0.05) is 45.4 Å². The highest BCUT2D eigenvalue weighted by Gasteiger charge is 2.21. The van der Waals surface area contributed by atoms with Gasteiger partial charge in [-0.15, -0.1) is 0 Å². The van der Waals surface area contributed by atoms with E-state index in [1.54, 1.807) is 6.20 Å². The van der Waals surface area contributed by atoms with Crippen LogP contribution in [-0.2, 0) is 0 Å². The Balaban J connectivity index is 1.30. The molecule has 3 aromatic heterocycles. The minimum absolute atomic E-state index is 0.586. The zero-order valence-corrected chi connectivity index (χ0v) is 31.6. The predicted molar refractivity (Wildman–Crippen MR) is 234 cm³/mol. The highest BCUT2D eigenvalue weighted by molar-refractivity contribution is 6.11. The summed E-state index contributed by atoms with van der Waals surface area (Å²) in [6, 6.07) is 62.0. The number of aryl methyl sites for hydroxylation is 2. The maximum atomic E-state index is 5.26. The van der Waals surface area contributed by atoms with Gasteiger partial charge in [-0.2, -0.15) is 0 Å². The monoisotopic (exact) mass is 731 g/mol. The van der Waals surface area contributed by atoms with Gasteiger partial charge in [0.1, 0.15) is 0 Å². The fraction of sp³-hybridized carbons (Fsp3) is 0.0385. The first kappa shape index (κ1) is 34.0. The molecule has 0 N–H and O–H groups in total. The van der Waals surface area contributed by atoms with Gasteiger partial charge in [0.25, 0.3) is 0 Å². The smallest absolute Gasteiger partial charge is 0.166 e. The molecule has 0 aliphatic heterocycles. The first-order chi connectivity index (χ1) is 28.1. The molecule has 0 aliphatic carbocycles. The van der Waals surface area contributed by atoms with E-state index in [-0.39, 0.29) is 0 Å². The fourth-order valence-corrected chi connectivity index (χ4v) is 7.84. The van der Waals surface area contributed by atoms with Crippen molar-refractivity contribution in [1.29, 1.82) is 0 Å². The van der Waals surface area contributed by atoms with Crippen LogP contribution in [0.15, 0.2) is 188 Å². The lowest BCUT2D eigenvalue weighted by Gasteiger charge is -2.17. The van der Waals surface area contributed by atoms with Gasteiger partial charge in [-0.25, -0.2) is 15.0 Å². The van der Waals surface area contributed by atoms with Gasteiger partial charge in [-0.3, -0.25) is 4.98 Å². The molecule has 3 heterocycles. The van der Waals surface area contributed by atoms with E-state index in [1.165, 1.54) is 33.0 Å². The molecule has 0 aliphatic rings. The molecule has 0 saturated heterocycles. The molecule has 0 saturated carbocycles. The lowest BCUT2D eigenvalue weighted by atomic mass is 10.0. The molecule has 0 amide bonds. The van der Waals surface area contributed by atoms with Gasteiger partial charge in [0.2, 0.25) is 0 Å². The van der Waals surface area contributed by atoms with E-state index < -0.39 is 0 Å². The van der Waals surface area contributed by atoms with Crippen LogP contribution in [-0.4, -0.2) is 24.5 Å². The van der Waals surface area contributed by atoms with Crippen molar-refractivity contribution >= 4 is 21.8 Å². The molecular formula is C52H37N5. The Labute approximate surface area is 331 Å². The van der Waals surface area contributed by atoms with E-state index in [2.05, 4.69) is 133 Å². The maximum absolute atomic E-state index is 5.26. The third-order valence-electron chi connectivity index (χ3n) is 10.6. The number of nitrogens with zero attached hydrogens (tertiary/aromatic N) is 5. The average molecular weight is 732 g/mol. The van der Waals surface area contributed by atoms with Crippen LogP contribution in [0, 0.1) is 13.8 Å². The van der Waals surface area contributed by atoms with E-state index in [0.717, 1.165) is 55.7 Å². The van der Waals surface area contributed by atoms with Crippen LogP contribution in [0.2, 0.25) is 0 Å². The summed E-state index contributed by atoms with van der Waals surface area (Å²) in [5.41, 5.74) is 15.0. The summed E-state index contributed by atoms with van der Waals surface area (Å²) < 4.78 is 2.40. The van der Waals surface area contributed by atoms with Gasteiger partial charge in [0.15, 0.2) is 17.5 Å². The van der Waals surface area contributed by atoms with Crippen LogP contribution < -0.4 is 0 Å². The molecule has 57 heavy (non-hydrogen) atoms. The Morgan fingerprint density at radius 2 is 0.842 bits per heavy atom.